The van der Waals surface area contributed by atoms with E-state index in [9.17, 15) is 0 Å². The molecule has 0 unspecified atom stereocenters. The first-order valence-corrected chi connectivity index (χ1v) is 9.09. The minimum atomic E-state index is 0. The van der Waals surface area contributed by atoms with Crippen molar-refractivity contribution in [3.05, 3.63) is 94.5 Å². The average molecular weight is 379 g/mol. The lowest BCUT2D eigenvalue weighted by Gasteiger charge is -2.11. The Labute approximate surface area is 168 Å². The first kappa shape index (κ1) is 21.5. The van der Waals surface area contributed by atoms with Crippen LogP contribution in [-0.2, 0) is 26.3 Å². The van der Waals surface area contributed by atoms with Crippen LogP contribution in [0.4, 0.5) is 0 Å². The zero-order valence-electron chi connectivity index (χ0n) is 15.7. The monoisotopic (exact) mass is 378 g/mol. The highest BCUT2D eigenvalue weighted by atomic mass is 16.5. The largest absolute Gasteiger partial charge is 0.489 e. The molecule has 4 heteroatoms. The van der Waals surface area contributed by atoms with E-state index in [1.54, 1.807) is 0 Å². The van der Waals surface area contributed by atoms with Gasteiger partial charge in [-0.3, -0.25) is 0 Å². The summed E-state index contributed by atoms with van der Waals surface area (Å²) in [6.07, 6.45) is 0. The van der Waals surface area contributed by atoms with Gasteiger partial charge >= 0.3 is 0 Å². The van der Waals surface area contributed by atoms with Crippen LogP contribution in [0.25, 0.3) is 0 Å². The van der Waals surface area contributed by atoms with Gasteiger partial charge in [0.1, 0.15) is 24.7 Å². The van der Waals surface area contributed by atoms with Crippen LogP contribution in [0.2, 0.25) is 0 Å². The van der Waals surface area contributed by atoms with Crippen molar-refractivity contribution in [1.82, 2.24) is 0 Å². The van der Waals surface area contributed by atoms with Crippen molar-refractivity contribution < 1.29 is 9.47 Å². The van der Waals surface area contributed by atoms with Crippen LogP contribution in [-0.4, -0.2) is 0 Å². The lowest BCUT2D eigenvalue weighted by atomic mass is 10.1. The van der Waals surface area contributed by atoms with Crippen molar-refractivity contribution in [1.29, 1.82) is 0 Å². The molecule has 148 valence electrons. The van der Waals surface area contributed by atoms with Gasteiger partial charge in [0.15, 0.2) is 0 Å². The highest BCUT2D eigenvalue weighted by Crippen LogP contribution is 2.18. The molecule has 0 aliphatic carbocycles. The molecule has 4 nitrogen and oxygen atoms in total. The quantitative estimate of drug-likeness (QED) is 0.596. The van der Waals surface area contributed by atoms with Crippen LogP contribution >= 0.6 is 0 Å². The maximum Gasteiger partial charge on any atom is 0.119 e. The minimum Gasteiger partial charge on any atom is -0.489 e. The van der Waals surface area contributed by atoms with Gasteiger partial charge in [-0.25, -0.2) is 0 Å². The summed E-state index contributed by atoms with van der Waals surface area (Å²) in [5, 5.41) is 0. The van der Waals surface area contributed by atoms with E-state index >= 15 is 0 Å². The molecule has 3 rings (SSSR count). The van der Waals surface area contributed by atoms with Crippen LogP contribution in [0.3, 0.4) is 0 Å². The Bertz CT molecular complexity index is 789. The SMILES string of the molecule is C.Cc1cc(COc2ccc(CN)cc2)cc(COc2ccc(CN)cc2)c1. The lowest BCUT2D eigenvalue weighted by molar-refractivity contribution is 0.299. The maximum atomic E-state index is 5.90. The maximum absolute atomic E-state index is 5.90. The Kier molecular flexibility index (Phi) is 8.05. The molecular weight excluding hydrogens is 348 g/mol. The van der Waals surface area contributed by atoms with Crippen molar-refractivity contribution in [2.24, 2.45) is 11.5 Å². The van der Waals surface area contributed by atoms with E-state index in [0.29, 0.717) is 26.3 Å². The zero-order chi connectivity index (χ0) is 19.1. The summed E-state index contributed by atoms with van der Waals surface area (Å²) in [6, 6.07) is 22.1. The van der Waals surface area contributed by atoms with E-state index in [1.165, 1.54) is 5.56 Å². The smallest absolute Gasteiger partial charge is 0.119 e. The topological polar surface area (TPSA) is 70.5 Å². The Balaban J connectivity index is 0.00000280. The first-order chi connectivity index (χ1) is 13.2. The van der Waals surface area contributed by atoms with Crippen molar-refractivity contribution in [2.75, 3.05) is 0 Å². The van der Waals surface area contributed by atoms with E-state index in [4.69, 9.17) is 20.9 Å². The Morgan fingerprint density at radius 1 is 0.607 bits per heavy atom. The van der Waals surface area contributed by atoms with E-state index in [0.717, 1.165) is 33.8 Å². The third-order valence-electron chi connectivity index (χ3n) is 4.33. The highest BCUT2D eigenvalue weighted by Gasteiger charge is 2.03. The molecule has 0 bridgehead atoms. The second kappa shape index (κ2) is 10.5. The van der Waals surface area contributed by atoms with Crippen LogP contribution in [0.5, 0.6) is 11.5 Å². The van der Waals surface area contributed by atoms with E-state index in [2.05, 4.69) is 25.1 Å². The number of nitrogens with two attached hydrogens (primary N) is 2. The predicted molar refractivity (Wildman–Crippen MR) is 115 cm³/mol. The third-order valence-corrected chi connectivity index (χ3v) is 4.33. The molecule has 0 saturated heterocycles. The van der Waals surface area contributed by atoms with Gasteiger partial charge in [0.05, 0.1) is 0 Å². The van der Waals surface area contributed by atoms with Crippen LogP contribution in [0, 0.1) is 6.92 Å². The molecule has 0 spiro atoms. The molecule has 0 fully saturated rings. The Morgan fingerprint density at radius 3 is 1.36 bits per heavy atom. The predicted octanol–water partition coefficient (Wildman–Crippen LogP) is 4.71. The second-order valence-corrected chi connectivity index (χ2v) is 6.60. The van der Waals surface area contributed by atoms with Gasteiger partial charge in [0.25, 0.3) is 0 Å². The van der Waals surface area contributed by atoms with Gasteiger partial charge in [0, 0.05) is 13.1 Å². The molecule has 0 heterocycles. The van der Waals surface area contributed by atoms with Gasteiger partial charge in [-0.05, 0) is 59.5 Å². The van der Waals surface area contributed by atoms with E-state index in [1.807, 2.05) is 48.5 Å². The highest BCUT2D eigenvalue weighted by molar-refractivity contribution is 5.32. The van der Waals surface area contributed by atoms with Gasteiger partial charge < -0.3 is 20.9 Å². The molecular formula is C24H30N2O2. The molecule has 0 aromatic heterocycles. The number of aryl methyl sites for hydroxylation is 1. The summed E-state index contributed by atoms with van der Waals surface area (Å²) in [5.74, 6) is 1.68. The summed E-state index contributed by atoms with van der Waals surface area (Å²) < 4.78 is 11.8. The normalized spacial score (nSPS) is 10.2. The average Bonchev–Trinajstić information content (AvgIpc) is 2.71. The molecule has 3 aromatic carbocycles. The molecule has 28 heavy (non-hydrogen) atoms. The van der Waals surface area contributed by atoms with Crippen molar-refractivity contribution in [2.45, 2.75) is 40.7 Å². The second-order valence-electron chi connectivity index (χ2n) is 6.60. The molecule has 0 saturated carbocycles. The lowest BCUT2D eigenvalue weighted by Crippen LogP contribution is -2.01. The molecule has 3 aromatic rings. The van der Waals surface area contributed by atoms with Crippen LogP contribution < -0.4 is 20.9 Å². The van der Waals surface area contributed by atoms with Gasteiger partial charge in [0.2, 0.25) is 0 Å². The fourth-order valence-electron chi connectivity index (χ4n) is 2.89. The number of hydrogen-bond acceptors (Lipinski definition) is 4. The Hall–Kier alpha value is -2.82. The minimum absolute atomic E-state index is 0. The van der Waals surface area contributed by atoms with E-state index in [-0.39, 0.29) is 7.43 Å². The van der Waals surface area contributed by atoms with Crippen molar-refractivity contribution in [3.63, 3.8) is 0 Å². The number of benzene rings is 3. The third kappa shape index (κ3) is 6.12. The summed E-state index contributed by atoms with van der Waals surface area (Å²) in [4.78, 5) is 0. The number of ether oxygens (including phenoxy) is 2. The molecule has 0 aliphatic heterocycles. The molecule has 4 N–H and O–H groups in total. The zero-order valence-corrected chi connectivity index (χ0v) is 15.7. The fourth-order valence-corrected chi connectivity index (χ4v) is 2.89. The number of hydrogen-bond donors (Lipinski definition) is 2. The van der Waals surface area contributed by atoms with Crippen molar-refractivity contribution >= 4 is 0 Å². The standard InChI is InChI=1S/C23H26N2O2.CH4/c1-17-10-20(15-26-22-6-2-18(13-24)3-7-22)12-21(11-17)16-27-23-8-4-19(14-25)5-9-23;/h2-12H,13-16,24-25H2,1H3;1H4. The van der Waals surface area contributed by atoms with Crippen molar-refractivity contribution in [3.8, 4) is 11.5 Å². The summed E-state index contributed by atoms with van der Waals surface area (Å²) in [7, 11) is 0. The van der Waals surface area contributed by atoms with Crippen LogP contribution in [0.1, 0.15) is 35.2 Å². The molecule has 0 aliphatic rings. The number of rotatable bonds is 8. The summed E-state index contributed by atoms with van der Waals surface area (Å²) in [6.45, 7) is 4.19. The first-order valence-electron chi connectivity index (χ1n) is 9.09. The fraction of sp³-hybridized carbons (Fsp3) is 0.250. The van der Waals surface area contributed by atoms with Gasteiger partial charge in [-0.2, -0.15) is 0 Å². The molecule has 0 amide bonds. The van der Waals surface area contributed by atoms with Crippen LogP contribution in [0.15, 0.2) is 66.7 Å². The van der Waals surface area contributed by atoms with E-state index < -0.39 is 0 Å². The van der Waals surface area contributed by atoms with Gasteiger partial charge in [-0.15, -0.1) is 0 Å². The Morgan fingerprint density at radius 2 is 1.00 bits per heavy atom. The summed E-state index contributed by atoms with van der Waals surface area (Å²) in [5.41, 5.74) is 16.9. The summed E-state index contributed by atoms with van der Waals surface area (Å²) >= 11 is 0. The molecule has 0 atom stereocenters. The molecule has 0 radical (unpaired) electrons. The van der Waals surface area contributed by atoms with Gasteiger partial charge in [-0.1, -0.05) is 49.4 Å².